The van der Waals surface area contributed by atoms with Gasteiger partial charge in [0.05, 0.1) is 19.7 Å². The molecule has 1 amide bonds. The van der Waals surface area contributed by atoms with Crippen molar-refractivity contribution >= 4 is 5.91 Å². The van der Waals surface area contributed by atoms with Gasteiger partial charge in [-0.15, -0.1) is 0 Å². The zero-order valence-electron chi connectivity index (χ0n) is 13.1. The van der Waals surface area contributed by atoms with Crippen LogP contribution in [0.2, 0.25) is 0 Å². The molecule has 0 aliphatic heterocycles. The first-order valence-electron chi connectivity index (χ1n) is 7.11. The van der Waals surface area contributed by atoms with Gasteiger partial charge in [0, 0.05) is 6.04 Å². The van der Waals surface area contributed by atoms with Gasteiger partial charge in [-0.2, -0.15) is 0 Å². The summed E-state index contributed by atoms with van der Waals surface area (Å²) in [4.78, 5) is 14.1. The molecule has 1 unspecified atom stereocenters. The first-order valence-corrected chi connectivity index (χ1v) is 7.11. The molecular formula is C16H26N2O2. The zero-order valence-corrected chi connectivity index (χ0v) is 13.1. The number of rotatable bonds is 7. The number of hydrogen-bond donors (Lipinski definition) is 1. The van der Waals surface area contributed by atoms with Gasteiger partial charge < -0.3 is 10.1 Å². The smallest absolute Gasteiger partial charge is 0.234 e. The molecule has 0 saturated carbocycles. The summed E-state index contributed by atoms with van der Waals surface area (Å²) in [6.07, 6.45) is 0.865. The second-order valence-corrected chi connectivity index (χ2v) is 5.31. The Morgan fingerprint density at radius 1 is 1.30 bits per heavy atom. The van der Waals surface area contributed by atoms with E-state index in [1.165, 1.54) is 0 Å². The van der Waals surface area contributed by atoms with Crippen molar-refractivity contribution in [1.82, 2.24) is 10.2 Å². The van der Waals surface area contributed by atoms with E-state index in [4.69, 9.17) is 4.74 Å². The Bertz CT molecular complexity index is 415. The molecule has 0 spiro atoms. The van der Waals surface area contributed by atoms with Gasteiger partial charge in [0.15, 0.2) is 0 Å². The highest BCUT2D eigenvalue weighted by molar-refractivity contribution is 5.78. The van der Waals surface area contributed by atoms with Crippen LogP contribution in [-0.4, -0.2) is 37.6 Å². The predicted molar refractivity (Wildman–Crippen MR) is 81.9 cm³/mol. The molecule has 1 aromatic rings. The third kappa shape index (κ3) is 4.85. The lowest BCUT2D eigenvalue weighted by molar-refractivity contribution is -0.123. The molecule has 0 saturated heterocycles. The van der Waals surface area contributed by atoms with E-state index in [0.717, 1.165) is 17.7 Å². The van der Waals surface area contributed by atoms with E-state index in [0.29, 0.717) is 12.6 Å². The van der Waals surface area contributed by atoms with Crippen LogP contribution in [0.5, 0.6) is 5.75 Å². The average molecular weight is 278 g/mol. The van der Waals surface area contributed by atoms with Crippen LogP contribution in [0.1, 0.15) is 38.8 Å². The molecule has 0 fully saturated rings. The molecule has 0 bridgehead atoms. The molecule has 112 valence electrons. The van der Waals surface area contributed by atoms with Crippen molar-refractivity contribution in [3.05, 3.63) is 29.8 Å². The number of hydrogen-bond acceptors (Lipinski definition) is 3. The van der Waals surface area contributed by atoms with Crippen LogP contribution < -0.4 is 10.1 Å². The Morgan fingerprint density at radius 2 is 1.90 bits per heavy atom. The van der Waals surface area contributed by atoms with Crippen molar-refractivity contribution in [2.75, 3.05) is 20.7 Å². The Morgan fingerprint density at radius 3 is 2.35 bits per heavy atom. The van der Waals surface area contributed by atoms with Crippen LogP contribution >= 0.6 is 0 Å². The van der Waals surface area contributed by atoms with Gasteiger partial charge in [0.1, 0.15) is 5.75 Å². The van der Waals surface area contributed by atoms with Crippen molar-refractivity contribution in [3.63, 3.8) is 0 Å². The minimum absolute atomic E-state index is 0.0500. The molecule has 0 aliphatic rings. The number of likely N-dealkylation sites (N-methyl/N-ethyl adjacent to an activating group) is 1. The lowest BCUT2D eigenvalue weighted by Gasteiger charge is -2.23. The summed E-state index contributed by atoms with van der Waals surface area (Å²) in [5, 5.41) is 3.08. The first-order chi connectivity index (χ1) is 9.47. The fraction of sp³-hybridized carbons (Fsp3) is 0.562. The van der Waals surface area contributed by atoms with E-state index in [2.05, 4.69) is 26.1 Å². The number of nitrogens with zero attached hydrogens (tertiary/aromatic N) is 1. The molecule has 4 heteroatoms. The van der Waals surface area contributed by atoms with E-state index in [1.807, 2.05) is 36.2 Å². The molecular weight excluding hydrogens is 252 g/mol. The Balaban J connectivity index is 2.64. The summed E-state index contributed by atoms with van der Waals surface area (Å²) in [6, 6.07) is 8.25. The van der Waals surface area contributed by atoms with Gasteiger partial charge in [-0.25, -0.2) is 0 Å². The first kappa shape index (κ1) is 16.5. The number of methoxy groups -OCH3 is 1. The van der Waals surface area contributed by atoms with Gasteiger partial charge in [0.2, 0.25) is 5.91 Å². The van der Waals surface area contributed by atoms with E-state index >= 15 is 0 Å². The highest BCUT2D eigenvalue weighted by Gasteiger charge is 2.15. The summed E-state index contributed by atoms with van der Waals surface area (Å²) < 4.78 is 5.15. The quantitative estimate of drug-likeness (QED) is 0.833. The van der Waals surface area contributed by atoms with E-state index in [9.17, 15) is 4.79 Å². The van der Waals surface area contributed by atoms with Crippen LogP contribution in [0.4, 0.5) is 0 Å². The maximum atomic E-state index is 12.0. The standard InChI is InChI=1S/C16H26N2O2/c1-6-15(13-7-9-14(20-5)10-8-13)17-16(19)11-18(4)12(2)3/h7-10,12,15H,6,11H2,1-5H3,(H,17,19). The van der Waals surface area contributed by atoms with E-state index in [-0.39, 0.29) is 11.9 Å². The van der Waals surface area contributed by atoms with Gasteiger partial charge in [-0.1, -0.05) is 19.1 Å². The normalized spacial score (nSPS) is 12.6. The summed E-state index contributed by atoms with van der Waals surface area (Å²) in [5.74, 6) is 0.887. The SMILES string of the molecule is CCC(NC(=O)CN(C)C(C)C)c1ccc(OC)cc1. The van der Waals surface area contributed by atoms with Crippen LogP contribution in [0.25, 0.3) is 0 Å². The molecule has 1 aromatic carbocycles. The van der Waals surface area contributed by atoms with Crippen molar-refractivity contribution in [1.29, 1.82) is 0 Å². The summed E-state index contributed by atoms with van der Waals surface area (Å²) >= 11 is 0. The second-order valence-electron chi connectivity index (χ2n) is 5.31. The summed E-state index contributed by atoms with van der Waals surface area (Å²) in [5.41, 5.74) is 1.11. The third-order valence-corrected chi connectivity index (χ3v) is 3.54. The minimum atomic E-state index is 0.0500. The van der Waals surface area contributed by atoms with Crippen LogP contribution in [0.15, 0.2) is 24.3 Å². The molecule has 0 radical (unpaired) electrons. The molecule has 4 nitrogen and oxygen atoms in total. The molecule has 0 aliphatic carbocycles. The maximum Gasteiger partial charge on any atom is 0.234 e. The Labute approximate surface area is 122 Å². The lowest BCUT2D eigenvalue weighted by atomic mass is 10.0. The fourth-order valence-corrected chi connectivity index (χ4v) is 1.91. The van der Waals surface area contributed by atoms with Crippen LogP contribution in [-0.2, 0) is 4.79 Å². The van der Waals surface area contributed by atoms with E-state index in [1.54, 1.807) is 7.11 Å². The number of nitrogens with one attached hydrogen (secondary N) is 1. The Kier molecular flexibility index (Phi) is 6.52. The molecule has 0 heterocycles. The zero-order chi connectivity index (χ0) is 15.1. The monoisotopic (exact) mass is 278 g/mol. The highest BCUT2D eigenvalue weighted by atomic mass is 16.5. The molecule has 20 heavy (non-hydrogen) atoms. The lowest BCUT2D eigenvalue weighted by Crippen LogP contribution is -2.39. The van der Waals surface area contributed by atoms with Crippen LogP contribution in [0, 0.1) is 0 Å². The number of benzene rings is 1. The van der Waals surface area contributed by atoms with Gasteiger partial charge in [0.25, 0.3) is 0 Å². The molecule has 1 rings (SSSR count). The number of amides is 1. The highest BCUT2D eigenvalue weighted by Crippen LogP contribution is 2.20. The summed E-state index contributed by atoms with van der Waals surface area (Å²) in [7, 11) is 3.61. The van der Waals surface area contributed by atoms with Gasteiger partial charge >= 0.3 is 0 Å². The maximum absolute atomic E-state index is 12.0. The number of carbonyl (C=O) groups excluding carboxylic acids is 1. The minimum Gasteiger partial charge on any atom is -0.497 e. The Hall–Kier alpha value is -1.55. The third-order valence-electron chi connectivity index (χ3n) is 3.54. The van der Waals surface area contributed by atoms with Gasteiger partial charge in [-0.3, -0.25) is 9.69 Å². The van der Waals surface area contributed by atoms with Crippen molar-refractivity contribution in [3.8, 4) is 5.75 Å². The van der Waals surface area contributed by atoms with Crippen molar-refractivity contribution in [2.45, 2.75) is 39.3 Å². The largest absolute Gasteiger partial charge is 0.497 e. The van der Waals surface area contributed by atoms with E-state index < -0.39 is 0 Å². The summed E-state index contributed by atoms with van der Waals surface area (Å²) in [6.45, 7) is 6.65. The topological polar surface area (TPSA) is 41.6 Å². The molecule has 1 N–H and O–H groups in total. The second kappa shape index (κ2) is 7.90. The van der Waals surface area contributed by atoms with Crippen molar-refractivity contribution in [2.24, 2.45) is 0 Å². The predicted octanol–water partition coefficient (Wildman–Crippen LogP) is 2.60. The average Bonchev–Trinajstić information content (AvgIpc) is 2.44. The van der Waals surface area contributed by atoms with Crippen molar-refractivity contribution < 1.29 is 9.53 Å². The number of carbonyl (C=O) groups is 1. The fourth-order valence-electron chi connectivity index (χ4n) is 1.91. The van der Waals surface area contributed by atoms with Gasteiger partial charge in [-0.05, 0) is 45.0 Å². The number of ether oxygens (including phenoxy) is 1. The molecule has 1 atom stereocenters. The van der Waals surface area contributed by atoms with Crippen LogP contribution in [0.3, 0.4) is 0 Å². The molecule has 0 aromatic heterocycles.